The lowest BCUT2D eigenvalue weighted by Gasteiger charge is -2.12. The van der Waals surface area contributed by atoms with Gasteiger partial charge in [0.15, 0.2) is 0 Å². The summed E-state index contributed by atoms with van der Waals surface area (Å²) in [5.74, 6) is 0.518. The summed E-state index contributed by atoms with van der Waals surface area (Å²) >= 11 is 2.84. The molecule has 3 aromatic heterocycles. The van der Waals surface area contributed by atoms with E-state index < -0.39 is 16.8 Å². The normalized spacial score (nSPS) is 14.0. The highest BCUT2D eigenvalue weighted by Crippen LogP contribution is 2.29. The number of hydrogen-bond acceptors (Lipinski definition) is 8. The van der Waals surface area contributed by atoms with E-state index in [2.05, 4.69) is 9.97 Å². The second-order valence-electron chi connectivity index (χ2n) is 8.60. The van der Waals surface area contributed by atoms with Crippen LogP contribution in [0.25, 0.3) is 21.2 Å². The van der Waals surface area contributed by atoms with Crippen molar-refractivity contribution in [2.45, 2.75) is 57.6 Å². The number of rotatable bonds is 6. The predicted octanol–water partition coefficient (Wildman–Crippen LogP) is 4.56. The lowest BCUT2D eigenvalue weighted by Crippen LogP contribution is -2.18. The Kier molecular flexibility index (Phi) is 6.07. The number of benzene rings is 1. The van der Waals surface area contributed by atoms with Crippen LogP contribution in [0.1, 0.15) is 46.3 Å². The van der Waals surface area contributed by atoms with E-state index in [-0.39, 0.29) is 12.2 Å². The molecule has 1 unspecified atom stereocenters. The molecule has 9 heteroatoms. The predicted molar refractivity (Wildman–Crippen MR) is 135 cm³/mol. The standard InChI is InChI=1S/C25H24N2O5S2/c1-12-13(2)34-24-22(12)23(29)26-20(27-24)11-33-14(3)25(30)31-10-17-9-21(28)32-19-8-16-6-4-5-15(16)7-18(17)19/h7-9,14H,4-6,10-11H2,1-3H3,(H,26,27,29). The zero-order valence-electron chi connectivity index (χ0n) is 19.1. The number of carbonyl (C=O) groups excluding carboxylic acids is 1. The fourth-order valence-corrected chi connectivity index (χ4v) is 6.12. The summed E-state index contributed by atoms with van der Waals surface area (Å²) in [4.78, 5) is 46.3. The van der Waals surface area contributed by atoms with E-state index in [0.717, 1.165) is 35.1 Å². The van der Waals surface area contributed by atoms with Crippen LogP contribution in [0.2, 0.25) is 0 Å². The maximum Gasteiger partial charge on any atom is 0.336 e. The van der Waals surface area contributed by atoms with Crippen LogP contribution in [0.4, 0.5) is 0 Å². The van der Waals surface area contributed by atoms with E-state index in [1.165, 1.54) is 40.3 Å². The average molecular weight is 497 g/mol. The van der Waals surface area contributed by atoms with Gasteiger partial charge in [0.25, 0.3) is 5.56 Å². The molecule has 0 spiro atoms. The monoisotopic (exact) mass is 496 g/mol. The Hall–Kier alpha value is -2.91. The Labute approximate surface area is 203 Å². The number of ether oxygens (including phenoxy) is 1. The molecular weight excluding hydrogens is 472 g/mol. The van der Waals surface area contributed by atoms with E-state index in [1.807, 2.05) is 26.0 Å². The highest BCUT2D eigenvalue weighted by molar-refractivity contribution is 7.99. The average Bonchev–Trinajstić information content (AvgIpc) is 3.37. The minimum atomic E-state index is -0.469. The van der Waals surface area contributed by atoms with Crippen molar-refractivity contribution in [2.24, 2.45) is 0 Å². The summed E-state index contributed by atoms with van der Waals surface area (Å²) < 4.78 is 10.9. The van der Waals surface area contributed by atoms with Crippen LogP contribution < -0.4 is 11.2 Å². The van der Waals surface area contributed by atoms with Crippen molar-refractivity contribution in [1.29, 1.82) is 0 Å². The quantitative estimate of drug-likeness (QED) is 0.308. The number of thioether (sulfide) groups is 1. The highest BCUT2D eigenvalue weighted by atomic mass is 32.2. The van der Waals surface area contributed by atoms with Gasteiger partial charge < -0.3 is 14.1 Å². The summed E-state index contributed by atoms with van der Waals surface area (Å²) in [7, 11) is 0. The molecule has 1 N–H and O–H groups in total. The number of thiophene rings is 1. The third-order valence-corrected chi connectivity index (χ3v) is 8.54. The van der Waals surface area contributed by atoms with E-state index in [9.17, 15) is 14.4 Å². The van der Waals surface area contributed by atoms with Gasteiger partial charge in [0.1, 0.15) is 28.1 Å². The van der Waals surface area contributed by atoms with Gasteiger partial charge in [-0.1, -0.05) is 0 Å². The van der Waals surface area contributed by atoms with Gasteiger partial charge in [0.05, 0.1) is 11.1 Å². The third-order valence-electron chi connectivity index (χ3n) is 6.30. The molecule has 4 aromatic rings. The molecule has 0 fully saturated rings. The summed E-state index contributed by atoms with van der Waals surface area (Å²) in [6.07, 6.45) is 3.08. The van der Waals surface area contributed by atoms with Gasteiger partial charge in [0.2, 0.25) is 0 Å². The van der Waals surface area contributed by atoms with Crippen molar-refractivity contribution in [3.05, 3.63) is 71.9 Å². The number of carbonyl (C=O) groups is 1. The molecule has 1 atom stereocenters. The molecule has 1 aliphatic carbocycles. The van der Waals surface area contributed by atoms with Gasteiger partial charge >= 0.3 is 11.6 Å². The fourth-order valence-electron chi connectivity index (χ4n) is 4.32. The number of aromatic amines is 1. The zero-order valence-corrected chi connectivity index (χ0v) is 20.8. The van der Waals surface area contributed by atoms with Gasteiger partial charge in [-0.3, -0.25) is 9.59 Å². The largest absolute Gasteiger partial charge is 0.460 e. The number of nitrogens with one attached hydrogen (secondary N) is 1. The molecule has 176 valence electrons. The maximum atomic E-state index is 12.6. The highest BCUT2D eigenvalue weighted by Gasteiger charge is 2.19. The number of fused-ring (bicyclic) bond motifs is 3. The first-order chi connectivity index (χ1) is 16.3. The number of aromatic nitrogens is 2. The number of nitrogens with zero attached hydrogens (tertiary/aromatic N) is 1. The summed E-state index contributed by atoms with van der Waals surface area (Å²) in [5.41, 5.74) is 4.00. The van der Waals surface area contributed by atoms with Crippen LogP contribution in [-0.2, 0) is 34.7 Å². The molecule has 34 heavy (non-hydrogen) atoms. The van der Waals surface area contributed by atoms with E-state index in [0.29, 0.717) is 32.9 Å². The zero-order chi connectivity index (χ0) is 24.0. The summed E-state index contributed by atoms with van der Waals surface area (Å²) in [6.45, 7) is 5.65. The van der Waals surface area contributed by atoms with Gasteiger partial charge in [-0.05, 0) is 68.9 Å². The van der Waals surface area contributed by atoms with Crippen LogP contribution in [-0.4, -0.2) is 21.2 Å². The van der Waals surface area contributed by atoms with Crippen molar-refractivity contribution in [3.8, 4) is 0 Å². The minimum absolute atomic E-state index is 0.000584. The van der Waals surface area contributed by atoms with Crippen molar-refractivity contribution >= 4 is 50.3 Å². The molecule has 0 aliphatic heterocycles. The number of H-pyrrole nitrogens is 1. The molecule has 0 saturated carbocycles. The lowest BCUT2D eigenvalue weighted by atomic mass is 10.0. The first-order valence-electron chi connectivity index (χ1n) is 11.2. The third kappa shape index (κ3) is 4.30. The first-order valence-corrected chi connectivity index (χ1v) is 13.0. The van der Waals surface area contributed by atoms with Crippen LogP contribution in [0.5, 0.6) is 0 Å². The van der Waals surface area contributed by atoms with Crippen molar-refractivity contribution < 1.29 is 13.9 Å². The molecule has 5 rings (SSSR count). The number of aryl methyl sites for hydroxylation is 4. The van der Waals surface area contributed by atoms with Crippen LogP contribution >= 0.6 is 23.1 Å². The lowest BCUT2D eigenvalue weighted by molar-refractivity contribution is -0.143. The van der Waals surface area contributed by atoms with Gasteiger partial charge in [0, 0.05) is 21.9 Å². The fraction of sp³-hybridized carbons (Fsp3) is 0.360. The Morgan fingerprint density at radius 1 is 1.24 bits per heavy atom. The molecule has 0 bridgehead atoms. The Morgan fingerprint density at radius 3 is 2.79 bits per heavy atom. The summed E-state index contributed by atoms with van der Waals surface area (Å²) in [6, 6.07) is 5.38. The molecule has 1 aliphatic rings. The minimum Gasteiger partial charge on any atom is -0.460 e. The van der Waals surface area contributed by atoms with E-state index in [1.54, 1.807) is 6.92 Å². The molecule has 1 aromatic carbocycles. The van der Waals surface area contributed by atoms with Crippen LogP contribution in [0, 0.1) is 13.8 Å². The van der Waals surface area contributed by atoms with E-state index in [4.69, 9.17) is 9.15 Å². The smallest absolute Gasteiger partial charge is 0.336 e. The van der Waals surface area contributed by atoms with E-state index >= 15 is 0 Å². The van der Waals surface area contributed by atoms with Gasteiger partial charge in [-0.2, -0.15) is 0 Å². The first kappa shape index (κ1) is 22.9. The van der Waals surface area contributed by atoms with Crippen LogP contribution in [0.3, 0.4) is 0 Å². The molecular formula is C25H24N2O5S2. The van der Waals surface area contributed by atoms with Gasteiger partial charge in [-0.25, -0.2) is 9.78 Å². The second kappa shape index (κ2) is 9.03. The Morgan fingerprint density at radius 2 is 2.00 bits per heavy atom. The number of esters is 1. The van der Waals surface area contributed by atoms with Crippen LogP contribution in [0.15, 0.2) is 32.2 Å². The molecule has 3 heterocycles. The van der Waals surface area contributed by atoms with Gasteiger partial charge in [-0.15, -0.1) is 23.1 Å². The Bertz CT molecular complexity index is 1550. The second-order valence-corrected chi connectivity index (χ2v) is 11.1. The number of hydrogen-bond donors (Lipinski definition) is 1. The molecule has 0 saturated heterocycles. The Balaban J connectivity index is 1.26. The van der Waals surface area contributed by atoms with Crippen molar-refractivity contribution in [2.75, 3.05) is 0 Å². The topological polar surface area (TPSA) is 102 Å². The summed E-state index contributed by atoms with van der Waals surface area (Å²) in [5, 5.41) is 0.974. The molecule has 0 radical (unpaired) electrons. The van der Waals surface area contributed by atoms with Crippen molar-refractivity contribution in [1.82, 2.24) is 9.97 Å². The molecule has 7 nitrogen and oxygen atoms in total. The molecule has 0 amide bonds. The van der Waals surface area contributed by atoms with Crippen molar-refractivity contribution in [3.63, 3.8) is 0 Å². The maximum absolute atomic E-state index is 12.6. The SMILES string of the molecule is Cc1sc2nc(CSC(C)C(=O)OCc3cc(=O)oc4cc5c(cc34)CCC5)[nH]c(=O)c2c1C.